The molecular formula is C22H25O4P. The summed E-state index contributed by atoms with van der Waals surface area (Å²) < 4.78 is 25.4. The van der Waals surface area contributed by atoms with Crippen molar-refractivity contribution in [3.63, 3.8) is 0 Å². The molecule has 0 bridgehead atoms. The van der Waals surface area contributed by atoms with E-state index in [1.54, 1.807) is 24.3 Å². The predicted molar refractivity (Wildman–Crippen MR) is 108 cm³/mol. The molecule has 142 valence electrons. The van der Waals surface area contributed by atoms with Crippen molar-refractivity contribution in [2.24, 2.45) is 11.8 Å². The SMILES string of the molecule is COP(=O)(OC)C(c1ccccc1)(c1ccc(O)cc1)C1C=CC=CC1C. The van der Waals surface area contributed by atoms with Crippen molar-refractivity contribution in [3.05, 3.63) is 90.0 Å². The summed E-state index contributed by atoms with van der Waals surface area (Å²) in [5.41, 5.74) is 1.62. The lowest BCUT2D eigenvalue weighted by Crippen LogP contribution is -2.40. The molecule has 0 fully saturated rings. The minimum absolute atomic E-state index is 0.0997. The van der Waals surface area contributed by atoms with Gasteiger partial charge in [-0.15, -0.1) is 0 Å². The Morgan fingerprint density at radius 1 is 0.889 bits per heavy atom. The van der Waals surface area contributed by atoms with Crippen molar-refractivity contribution >= 4 is 7.60 Å². The topological polar surface area (TPSA) is 55.8 Å². The Morgan fingerprint density at radius 2 is 1.44 bits per heavy atom. The molecule has 1 aliphatic rings. The molecular weight excluding hydrogens is 359 g/mol. The second-order valence-electron chi connectivity index (χ2n) is 6.70. The van der Waals surface area contributed by atoms with Crippen LogP contribution < -0.4 is 0 Å². The van der Waals surface area contributed by atoms with Gasteiger partial charge in [-0.05, 0) is 29.2 Å². The van der Waals surface area contributed by atoms with E-state index in [2.05, 4.69) is 19.1 Å². The van der Waals surface area contributed by atoms with Crippen LogP contribution in [0.3, 0.4) is 0 Å². The number of phenols is 1. The van der Waals surface area contributed by atoms with Crippen molar-refractivity contribution in [1.29, 1.82) is 0 Å². The summed E-state index contributed by atoms with van der Waals surface area (Å²) in [6, 6.07) is 16.5. The average Bonchev–Trinajstić information content (AvgIpc) is 2.71. The highest BCUT2D eigenvalue weighted by Crippen LogP contribution is 2.71. The van der Waals surface area contributed by atoms with Gasteiger partial charge in [-0.25, -0.2) is 0 Å². The Labute approximate surface area is 160 Å². The second-order valence-corrected chi connectivity index (χ2v) is 9.13. The van der Waals surface area contributed by atoms with Crippen LogP contribution in [0.5, 0.6) is 5.75 Å². The van der Waals surface area contributed by atoms with E-state index in [1.807, 2.05) is 42.5 Å². The molecule has 3 unspecified atom stereocenters. The van der Waals surface area contributed by atoms with E-state index < -0.39 is 12.8 Å². The maximum Gasteiger partial charge on any atom is 0.345 e. The van der Waals surface area contributed by atoms with Gasteiger partial charge in [0.05, 0.1) is 0 Å². The van der Waals surface area contributed by atoms with E-state index in [0.717, 1.165) is 11.1 Å². The Balaban J connectivity index is 2.41. The molecule has 2 aromatic carbocycles. The Morgan fingerprint density at radius 3 is 2.00 bits per heavy atom. The first-order valence-electron chi connectivity index (χ1n) is 8.91. The zero-order chi connectivity index (χ0) is 19.5. The first-order chi connectivity index (χ1) is 13.0. The zero-order valence-corrected chi connectivity index (χ0v) is 16.7. The van der Waals surface area contributed by atoms with Gasteiger partial charge >= 0.3 is 7.60 Å². The van der Waals surface area contributed by atoms with Crippen LogP contribution in [0, 0.1) is 11.8 Å². The molecule has 0 radical (unpaired) electrons. The van der Waals surface area contributed by atoms with E-state index in [1.165, 1.54) is 14.2 Å². The van der Waals surface area contributed by atoms with Crippen molar-refractivity contribution in [3.8, 4) is 5.75 Å². The van der Waals surface area contributed by atoms with E-state index in [0.29, 0.717) is 0 Å². The minimum atomic E-state index is -3.65. The molecule has 0 saturated carbocycles. The molecule has 0 heterocycles. The molecule has 1 aliphatic carbocycles. The lowest BCUT2D eigenvalue weighted by atomic mass is 9.72. The lowest BCUT2D eigenvalue weighted by molar-refractivity contribution is 0.229. The fourth-order valence-corrected chi connectivity index (χ4v) is 6.40. The summed E-state index contributed by atoms with van der Waals surface area (Å²) in [5.74, 6) is 0.0836. The van der Waals surface area contributed by atoms with Crippen LogP contribution in [0.4, 0.5) is 0 Å². The first-order valence-corrected chi connectivity index (χ1v) is 10.5. The monoisotopic (exact) mass is 384 g/mol. The van der Waals surface area contributed by atoms with Crippen LogP contribution in [0.25, 0.3) is 0 Å². The zero-order valence-electron chi connectivity index (χ0n) is 15.8. The largest absolute Gasteiger partial charge is 0.508 e. The minimum Gasteiger partial charge on any atom is -0.508 e. The normalized spacial score (nSPS) is 21.7. The van der Waals surface area contributed by atoms with E-state index in [9.17, 15) is 9.67 Å². The molecule has 0 saturated heterocycles. The number of benzene rings is 2. The standard InChI is InChI=1S/C22H25O4P/c1-17-9-7-8-12-21(17)22(27(24,25-2)26-3,18-10-5-4-6-11-18)19-13-15-20(23)16-14-19/h4-17,21,23H,1-3H3. The van der Waals surface area contributed by atoms with Gasteiger partial charge in [0.2, 0.25) is 0 Å². The lowest BCUT2D eigenvalue weighted by Gasteiger charge is -2.45. The molecule has 0 spiro atoms. The molecule has 4 nitrogen and oxygen atoms in total. The number of hydrogen-bond acceptors (Lipinski definition) is 4. The van der Waals surface area contributed by atoms with Gasteiger partial charge in [0.15, 0.2) is 0 Å². The smallest absolute Gasteiger partial charge is 0.345 e. The van der Waals surface area contributed by atoms with Gasteiger partial charge in [0.25, 0.3) is 0 Å². The molecule has 2 aromatic rings. The van der Waals surface area contributed by atoms with Crippen LogP contribution in [-0.2, 0) is 18.8 Å². The van der Waals surface area contributed by atoms with Crippen LogP contribution in [0.15, 0.2) is 78.9 Å². The molecule has 0 aromatic heterocycles. The fourth-order valence-electron chi connectivity index (χ4n) is 4.06. The van der Waals surface area contributed by atoms with Crippen LogP contribution in [-0.4, -0.2) is 19.3 Å². The number of allylic oxidation sites excluding steroid dienone is 4. The highest BCUT2D eigenvalue weighted by Gasteiger charge is 2.58. The van der Waals surface area contributed by atoms with Gasteiger partial charge < -0.3 is 14.2 Å². The molecule has 1 N–H and O–H groups in total. The Bertz CT molecular complexity index is 865. The quantitative estimate of drug-likeness (QED) is 0.668. The van der Waals surface area contributed by atoms with Crippen LogP contribution in [0.1, 0.15) is 18.1 Å². The predicted octanol–water partition coefficient (Wildman–Crippen LogP) is 5.50. The van der Waals surface area contributed by atoms with E-state index in [4.69, 9.17) is 9.05 Å². The van der Waals surface area contributed by atoms with Gasteiger partial charge in [-0.1, -0.05) is 73.7 Å². The van der Waals surface area contributed by atoms with Crippen molar-refractivity contribution in [2.75, 3.05) is 14.2 Å². The third kappa shape index (κ3) is 3.19. The fraction of sp³-hybridized carbons (Fsp3) is 0.273. The van der Waals surface area contributed by atoms with Crippen molar-refractivity contribution < 1.29 is 18.7 Å². The summed E-state index contributed by atoms with van der Waals surface area (Å²) in [5, 5.41) is 8.75. The van der Waals surface area contributed by atoms with Gasteiger partial charge in [-0.2, -0.15) is 0 Å². The van der Waals surface area contributed by atoms with Crippen LogP contribution in [0.2, 0.25) is 0 Å². The summed E-state index contributed by atoms with van der Waals surface area (Å²) in [4.78, 5) is 0. The first kappa shape index (κ1) is 19.6. The van der Waals surface area contributed by atoms with Crippen LogP contribution >= 0.6 is 7.60 Å². The highest BCUT2D eigenvalue weighted by molar-refractivity contribution is 7.55. The molecule has 0 amide bonds. The molecule has 3 rings (SSSR count). The van der Waals surface area contributed by atoms with E-state index >= 15 is 0 Å². The molecule has 27 heavy (non-hydrogen) atoms. The summed E-state index contributed by atoms with van der Waals surface area (Å²) in [6.07, 6.45) is 8.13. The van der Waals surface area contributed by atoms with Crippen molar-refractivity contribution in [2.45, 2.75) is 12.1 Å². The van der Waals surface area contributed by atoms with Crippen molar-refractivity contribution in [1.82, 2.24) is 0 Å². The maximum atomic E-state index is 14.1. The summed E-state index contributed by atoms with van der Waals surface area (Å²) in [6.45, 7) is 2.10. The number of hydrogen-bond donors (Lipinski definition) is 1. The molecule has 0 aliphatic heterocycles. The Kier molecular flexibility index (Phi) is 5.71. The maximum absolute atomic E-state index is 14.1. The number of aromatic hydroxyl groups is 1. The average molecular weight is 384 g/mol. The molecule has 5 heteroatoms. The Hall–Kier alpha value is -2.13. The summed E-state index contributed by atoms with van der Waals surface area (Å²) >= 11 is 0. The number of phenolic OH excluding ortho intramolecular Hbond substituents is 1. The number of rotatable bonds is 6. The third-order valence-electron chi connectivity index (χ3n) is 5.33. The molecule has 3 atom stereocenters. The second kappa shape index (κ2) is 7.85. The highest BCUT2D eigenvalue weighted by atomic mass is 31.2. The van der Waals surface area contributed by atoms with Gasteiger partial charge in [0, 0.05) is 20.1 Å². The van der Waals surface area contributed by atoms with Gasteiger partial charge in [-0.3, -0.25) is 4.57 Å². The van der Waals surface area contributed by atoms with Gasteiger partial charge in [0.1, 0.15) is 10.9 Å². The van der Waals surface area contributed by atoms with E-state index in [-0.39, 0.29) is 17.6 Å². The third-order valence-corrected chi connectivity index (χ3v) is 7.97. The summed E-state index contributed by atoms with van der Waals surface area (Å²) in [7, 11) is -0.802.